The van der Waals surface area contributed by atoms with Crippen LogP contribution in [0.15, 0.2) is 42.5 Å². The molecule has 1 unspecified atom stereocenters. The Kier molecular flexibility index (Phi) is 2.94. The van der Waals surface area contributed by atoms with Crippen LogP contribution in [0.2, 0.25) is 0 Å². The molecule has 0 amide bonds. The van der Waals surface area contributed by atoms with Gasteiger partial charge in [-0.3, -0.25) is 0 Å². The predicted octanol–water partition coefficient (Wildman–Crippen LogP) is 4.02. The fraction of sp³-hybridized carbons (Fsp3) is 0.294. The van der Waals surface area contributed by atoms with Gasteiger partial charge in [-0.05, 0) is 45.0 Å². The van der Waals surface area contributed by atoms with Gasteiger partial charge in [0.25, 0.3) is 0 Å². The highest BCUT2D eigenvalue weighted by atomic mass is 16.5. The molecule has 0 bridgehead atoms. The van der Waals surface area contributed by atoms with E-state index >= 15 is 0 Å². The van der Waals surface area contributed by atoms with Crippen molar-refractivity contribution < 1.29 is 9.47 Å². The minimum absolute atomic E-state index is 0.182. The van der Waals surface area contributed by atoms with E-state index in [0.29, 0.717) is 0 Å². The largest absolute Gasteiger partial charge is 0.488 e. The van der Waals surface area contributed by atoms with Gasteiger partial charge in [0.1, 0.15) is 22.8 Å². The summed E-state index contributed by atoms with van der Waals surface area (Å²) in [6.07, 6.45) is 0. The third-order valence-corrected chi connectivity index (χ3v) is 3.21. The molecule has 2 N–H and O–H groups in total. The number of hydrogen-bond donors (Lipinski definition) is 1. The lowest BCUT2D eigenvalue weighted by molar-refractivity contribution is 0.130. The Morgan fingerprint density at radius 3 is 2.45 bits per heavy atom. The second-order valence-electron chi connectivity index (χ2n) is 6.03. The zero-order chi connectivity index (χ0) is 14.3. The molecule has 0 radical (unpaired) electrons. The van der Waals surface area contributed by atoms with Gasteiger partial charge in [-0.1, -0.05) is 18.2 Å². The fourth-order valence-corrected chi connectivity index (χ4v) is 2.40. The van der Waals surface area contributed by atoms with Crippen LogP contribution in [0, 0.1) is 0 Å². The van der Waals surface area contributed by atoms with Crippen LogP contribution in [0.5, 0.6) is 17.2 Å². The zero-order valence-electron chi connectivity index (χ0n) is 12.0. The number of nitrogens with two attached hydrogens (primary N) is 1. The minimum atomic E-state index is -0.230. The van der Waals surface area contributed by atoms with Gasteiger partial charge in [0.2, 0.25) is 0 Å². The molecular formula is C17H19NO2. The van der Waals surface area contributed by atoms with Crippen LogP contribution in [-0.2, 0) is 0 Å². The number of ether oxygens (including phenoxy) is 2. The summed E-state index contributed by atoms with van der Waals surface area (Å²) in [5.41, 5.74) is 8.10. The lowest BCUT2D eigenvalue weighted by Gasteiger charge is -2.27. The SMILES string of the molecule is CC(C)(C)Oc1ccc2c(c1)C(N)c1ccccc1O2. The molecule has 3 rings (SSSR count). The third kappa shape index (κ3) is 2.37. The first kappa shape index (κ1) is 13.0. The topological polar surface area (TPSA) is 44.5 Å². The molecule has 0 aliphatic carbocycles. The Bertz CT molecular complexity index is 644. The average molecular weight is 269 g/mol. The molecule has 2 aromatic rings. The normalized spacial score (nSPS) is 16.9. The van der Waals surface area contributed by atoms with E-state index in [1.807, 2.05) is 63.2 Å². The Morgan fingerprint density at radius 2 is 1.70 bits per heavy atom. The summed E-state index contributed by atoms with van der Waals surface area (Å²) in [5.74, 6) is 2.45. The lowest BCUT2D eigenvalue weighted by atomic mass is 9.95. The standard InChI is InChI=1S/C17H19NO2/c1-17(2,3)20-11-8-9-15-13(10-11)16(18)12-6-4-5-7-14(12)19-15/h4-10,16H,18H2,1-3H3. The Balaban J connectivity index is 2.00. The van der Waals surface area contributed by atoms with Crippen LogP contribution < -0.4 is 15.2 Å². The molecule has 3 nitrogen and oxygen atoms in total. The molecule has 104 valence electrons. The van der Waals surface area contributed by atoms with Gasteiger partial charge in [-0.2, -0.15) is 0 Å². The Labute approximate surface area is 119 Å². The lowest BCUT2D eigenvalue weighted by Crippen LogP contribution is -2.23. The second kappa shape index (κ2) is 4.53. The summed E-state index contributed by atoms with van der Waals surface area (Å²) in [7, 11) is 0. The van der Waals surface area contributed by atoms with Crippen molar-refractivity contribution in [3.05, 3.63) is 53.6 Å². The number of hydrogen-bond acceptors (Lipinski definition) is 3. The van der Waals surface area contributed by atoms with Gasteiger partial charge >= 0.3 is 0 Å². The summed E-state index contributed by atoms with van der Waals surface area (Å²) < 4.78 is 11.8. The molecule has 0 saturated carbocycles. The summed E-state index contributed by atoms with van der Waals surface area (Å²) in [6, 6.07) is 13.5. The van der Waals surface area contributed by atoms with Crippen molar-refractivity contribution in [1.29, 1.82) is 0 Å². The molecule has 0 saturated heterocycles. The van der Waals surface area contributed by atoms with Crippen molar-refractivity contribution in [1.82, 2.24) is 0 Å². The molecule has 20 heavy (non-hydrogen) atoms. The third-order valence-electron chi connectivity index (χ3n) is 3.21. The van der Waals surface area contributed by atoms with Gasteiger partial charge < -0.3 is 15.2 Å². The molecular weight excluding hydrogens is 250 g/mol. The maximum absolute atomic E-state index is 6.36. The molecule has 0 fully saturated rings. The molecule has 2 aromatic carbocycles. The predicted molar refractivity (Wildman–Crippen MR) is 79.4 cm³/mol. The Hall–Kier alpha value is -2.00. The van der Waals surface area contributed by atoms with E-state index in [0.717, 1.165) is 28.4 Å². The van der Waals surface area contributed by atoms with Crippen molar-refractivity contribution in [2.75, 3.05) is 0 Å². The fourth-order valence-electron chi connectivity index (χ4n) is 2.40. The van der Waals surface area contributed by atoms with Gasteiger partial charge in [0.15, 0.2) is 0 Å². The van der Waals surface area contributed by atoms with Gasteiger partial charge in [-0.15, -0.1) is 0 Å². The smallest absolute Gasteiger partial charge is 0.132 e. The first-order chi connectivity index (χ1) is 9.44. The van der Waals surface area contributed by atoms with Crippen molar-refractivity contribution in [2.45, 2.75) is 32.4 Å². The summed E-state index contributed by atoms with van der Waals surface area (Å²) in [5, 5.41) is 0. The molecule has 0 spiro atoms. The van der Waals surface area contributed by atoms with Gasteiger partial charge in [0.05, 0.1) is 6.04 Å². The van der Waals surface area contributed by atoms with Crippen molar-refractivity contribution in [3.63, 3.8) is 0 Å². The van der Waals surface area contributed by atoms with Crippen LogP contribution >= 0.6 is 0 Å². The summed E-state index contributed by atoms with van der Waals surface area (Å²) in [4.78, 5) is 0. The van der Waals surface area contributed by atoms with E-state index in [1.54, 1.807) is 0 Å². The summed E-state index contributed by atoms with van der Waals surface area (Å²) >= 11 is 0. The van der Waals surface area contributed by atoms with Crippen molar-refractivity contribution in [2.24, 2.45) is 5.73 Å². The monoisotopic (exact) mass is 269 g/mol. The molecule has 1 aliphatic heterocycles. The first-order valence-corrected chi connectivity index (χ1v) is 6.79. The average Bonchev–Trinajstić information content (AvgIpc) is 2.38. The number of para-hydroxylation sites is 1. The van der Waals surface area contributed by atoms with Crippen LogP contribution in [0.4, 0.5) is 0 Å². The van der Waals surface area contributed by atoms with Crippen LogP contribution in [0.25, 0.3) is 0 Å². The van der Waals surface area contributed by atoms with E-state index in [1.165, 1.54) is 0 Å². The van der Waals surface area contributed by atoms with Crippen LogP contribution in [0.1, 0.15) is 37.9 Å². The Morgan fingerprint density at radius 1 is 1.00 bits per heavy atom. The van der Waals surface area contributed by atoms with Gasteiger partial charge in [-0.25, -0.2) is 0 Å². The van der Waals surface area contributed by atoms with E-state index in [2.05, 4.69) is 0 Å². The number of benzene rings is 2. The summed E-state index contributed by atoms with van der Waals surface area (Å²) in [6.45, 7) is 6.08. The molecule has 1 heterocycles. The van der Waals surface area contributed by atoms with Crippen LogP contribution in [-0.4, -0.2) is 5.60 Å². The van der Waals surface area contributed by atoms with E-state index in [9.17, 15) is 0 Å². The van der Waals surface area contributed by atoms with Crippen molar-refractivity contribution in [3.8, 4) is 17.2 Å². The number of fused-ring (bicyclic) bond motifs is 2. The zero-order valence-corrected chi connectivity index (χ0v) is 12.0. The minimum Gasteiger partial charge on any atom is -0.488 e. The molecule has 1 atom stereocenters. The molecule has 1 aliphatic rings. The molecule has 3 heteroatoms. The highest BCUT2D eigenvalue weighted by Crippen LogP contribution is 2.42. The van der Waals surface area contributed by atoms with Crippen LogP contribution in [0.3, 0.4) is 0 Å². The van der Waals surface area contributed by atoms with Gasteiger partial charge in [0, 0.05) is 11.1 Å². The highest BCUT2D eigenvalue weighted by Gasteiger charge is 2.25. The maximum atomic E-state index is 6.36. The quantitative estimate of drug-likeness (QED) is 0.850. The second-order valence-corrected chi connectivity index (χ2v) is 6.03. The molecule has 0 aromatic heterocycles. The van der Waals surface area contributed by atoms with E-state index in [4.69, 9.17) is 15.2 Å². The van der Waals surface area contributed by atoms with E-state index < -0.39 is 0 Å². The number of rotatable bonds is 1. The maximum Gasteiger partial charge on any atom is 0.132 e. The van der Waals surface area contributed by atoms with E-state index in [-0.39, 0.29) is 11.6 Å². The highest BCUT2D eigenvalue weighted by molar-refractivity contribution is 5.54. The van der Waals surface area contributed by atoms with Crippen molar-refractivity contribution >= 4 is 0 Å². The first-order valence-electron chi connectivity index (χ1n) is 6.79.